The second-order valence-corrected chi connectivity index (χ2v) is 30.1. The van der Waals surface area contributed by atoms with E-state index in [1.165, 1.54) is 42.7 Å². The van der Waals surface area contributed by atoms with Crippen molar-refractivity contribution in [2.24, 2.45) is 0 Å². The number of pyridine rings is 2. The predicted molar refractivity (Wildman–Crippen MR) is 437 cm³/mol. The van der Waals surface area contributed by atoms with Gasteiger partial charge in [-0.2, -0.15) is 5.21 Å². The van der Waals surface area contributed by atoms with Gasteiger partial charge in [0.05, 0.1) is 47.4 Å². The summed E-state index contributed by atoms with van der Waals surface area (Å²) >= 11 is 32.6. The van der Waals surface area contributed by atoms with Crippen LogP contribution in [0.25, 0.3) is 44.1 Å². The molecule has 2 amide bonds. The van der Waals surface area contributed by atoms with Gasteiger partial charge in [-0.1, -0.05) is 120 Å². The molecule has 113 heavy (non-hydrogen) atoms. The first-order valence-electron chi connectivity index (χ1n) is 34.7. The normalized spacial score (nSPS) is 11.1. The number of fused-ring (bicyclic) bond motifs is 4. The number of carbonyl (C=O) groups is 4. The van der Waals surface area contributed by atoms with Gasteiger partial charge in [0, 0.05) is 147 Å². The molecule has 21 nitrogen and oxygen atoms in total. The molecule has 570 valence electrons. The highest BCUT2D eigenvalue weighted by Crippen LogP contribution is 2.35. The molecular formula is C81H61Br2Cl4F4N17O4S. The third kappa shape index (κ3) is 19.3. The van der Waals surface area contributed by atoms with Crippen molar-refractivity contribution >= 4 is 168 Å². The number of halogens is 10. The van der Waals surface area contributed by atoms with Gasteiger partial charge in [0.25, 0.3) is 17.8 Å². The fourth-order valence-corrected chi connectivity index (χ4v) is 15.1. The highest BCUT2D eigenvalue weighted by Gasteiger charge is 2.27. The number of tetrazole rings is 1. The Bertz CT molecular complexity index is 6000. The third-order valence-corrected chi connectivity index (χ3v) is 21.2. The number of anilines is 2. The molecule has 0 fully saturated rings. The van der Waals surface area contributed by atoms with E-state index in [1.807, 2.05) is 80.6 Å². The van der Waals surface area contributed by atoms with Crippen molar-refractivity contribution in [3.63, 3.8) is 0 Å². The van der Waals surface area contributed by atoms with Crippen LogP contribution in [0.2, 0.25) is 20.1 Å². The van der Waals surface area contributed by atoms with Gasteiger partial charge in [0.15, 0.2) is 40.0 Å². The Balaban J connectivity index is 0.000000132. The molecule has 0 spiro atoms. The van der Waals surface area contributed by atoms with Gasteiger partial charge in [0.2, 0.25) is 0 Å². The van der Waals surface area contributed by atoms with Crippen molar-refractivity contribution in [2.75, 3.05) is 10.6 Å². The minimum atomic E-state index is -0.592. The quantitative estimate of drug-likeness (QED) is 0.0260. The molecule has 8 aromatic carbocycles. The van der Waals surface area contributed by atoms with Gasteiger partial charge >= 0.3 is 0 Å². The highest BCUT2D eigenvalue weighted by atomic mass is 79.9. The van der Waals surface area contributed by atoms with Crippen molar-refractivity contribution in [3.8, 4) is 0 Å². The van der Waals surface area contributed by atoms with Crippen LogP contribution in [0.15, 0.2) is 192 Å². The number of Topliss-reactive ketones (excluding diaryl/α,β-unsaturated/α-hetero) is 2. The van der Waals surface area contributed by atoms with Crippen LogP contribution in [0.5, 0.6) is 0 Å². The molecule has 7 N–H and O–H groups in total. The number of imidazole rings is 4. The highest BCUT2D eigenvalue weighted by molar-refractivity contribution is 9.10. The maximum Gasteiger partial charge on any atom is 0.270 e. The lowest BCUT2D eigenvalue weighted by Crippen LogP contribution is -2.17. The lowest BCUT2D eigenvalue weighted by Gasteiger charge is -2.13. The van der Waals surface area contributed by atoms with Crippen molar-refractivity contribution < 1.29 is 36.7 Å². The van der Waals surface area contributed by atoms with Crippen LogP contribution < -0.4 is 10.6 Å². The average molecular weight is 1750 g/mol. The number of H-pyrrole nitrogens is 5. The van der Waals surface area contributed by atoms with Gasteiger partial charge in [-0.25, -0.2) is 42.5 Å². The summed E-state index contributed by atoms with van der Waals surface area (Å²) < 4.78 is 62.6. The molecule has 0 aliphatic heterocycles. The first-order chi connectivity index (χ1) is 54.6. The number of nitrogens with one attached hydrogen (secondary N) is 7. The lowest BCUT2D eigenvalue weighted by atomic mass is 9.92. The fraction of sp³-hybridized carbons (Fsp3) is 0.136. The molecular weight excluding hydrogens is 1680 g/mol. The minimum Gasteiger partial charge on any atom is -0.344 e. The Hall–Kier alpha value is -11.2. The first kappa shape index (κ1) is 79.8. The van der Waals surface area contributed by atoms with E-state index in [0.29, 0.717) is 119 Å². The number of hydrogen-bond acceptors (Lipinski definition) is 15. The van der Waals surface area contributed by atoms with Gasteiger partial charge in [-0.05, 0) is 169 Å². The number of nitrogens with zero attached hydrogens (tertiary/aromatic N) is 10. The van der Waals surface area contributed by atoms with Crippen molar-refractivity contribution in [2.45, 2.75) is 71.6 Å². The standard InChI is InChI=1S/C24H21ClFN3O.C23H19ClFN3O.C18H11BrClFN4OS.C16H10BrClFN7O/c1-15-11-17(25)9-8-16(15)12-20-19(13-21-24(23(20)26)29-14-28-21)22(30)7-4-6-18-5-2-3-10-27-18;1-14-10-16(24)6-5-15(14)11-19-18(12-20-23(22(19)25)28-13-27-20)21(29)8-7-17-4-2-3-9-26-17;19-10-2-1-9(13(20)6-10)5-11-12(17(26)25-18-22-3-4-27-18)7-14-16(15(11)21)24-8-23-14;17-8-2-1-7(11(18)4-8)3-9-10(15(27)22-16-23-25-26-24-16)5-12-14(13(9)19)21-6-20-12/h2-3,5,8-11,13-14H,4,6-7,12H2,1H3,(H,28,29);2-6,9-10,12-13H,7-8,11H2,1H3,(H,27,28);1-4,6-8H,5H2,(H,23,24)(H,22,25,26);1-2,4-6H,3H2,(H,20,21)(H2,22,23,24,25,26,27). The number of thiazole rings is 1. The molecule has 0 bridgehead atoms. The Morgan fingerprint density at radius 2 is 0.867 bits per heavy atom. The van der Waals surface area contributed by atoms with Crippen LogP contribution in [0, 0.1) is 37.1 Å². The van der Waals surface area contributed by atoms with Crippen molar-refractivity contribution in [1.82, 2.24) is 75.4 Å². The number of hydrogen-bond donors (Lipinski definition) is 7. The van der Waals surface area contributed by atoms with E-state index in [-0.39, 0.29) is 81.1 Å². The van der Waals surface area contributed by atoms with Crippen molar-refractivity contribution in [1.29, 1.82) is 0 Å². The van der Waals surface area contributed by atoms with E-state index < -0.39 is 35.1 Å². The van der Waals surface area contributed by atoms with E-state index in [0.717, 1.165) is 42.6 Å². The number of benzene rings is 8. The summed E-state index contributed by atoms with van der Waals surface area (Å²) in [4.78, 5) is 91.8. The zero-order valence-electron chi connectivity index (χ0n) is 59.5. The topological polar surface area (TPSA) is 300 Å². The molecule has 32 heteroatoms. The number of carbonyl (C=O) groups excluding carboxylic acids is 4. The smallest absolute Gasteiger partial charge is 0.270 e. The summed E-state index contributed by atoms with van der Waals surface area (Å²) in [6.45, 7) is 3.86. The fourth-order valence-electron chi connectivity index (χ4n) is 12.6. The number of aromatic amines is 5. The molecule has 8 aromatic heterocycles. The molecule has 0 radical (unpaired) electrons. The summed E-state index contributed by atoms with van der Waals surface area (Å²) in [5, 5.41) is 22.5. The van der Waals surface area contributed by atoms with Crippen LogP contribution in [0.1, 0.15) is 128 Å². The molecule has 16 aromatic rings. The number of rotatable bonds is 21. The van der Waals surface area contributed by atoms with Crippen LogP contribution in [-0.4, -0.2) is 98.8 Å². The average Bonchev–Trinajstić information content (AvgIpc) is 1.75. The van der Waals surface area contributed by atoms with Gasteiger partial charge in [0.1, 0.15) is 22.1 Å². The third-order valence-electron chi connectivity index (χ3n) is 18.3. The maximum atomic E-state index is 15.3. The zero-order valence-corrected chi connectivity index (χ0v) is 66.5. The molecule has 0 aliphatic carbocycles. The molecule has 0 atom stereocenters. The molecule has 0 saturated carbocycles. The number of aryl methyl sites for hydroxylation is 4. The molecule has 0 aliphatic rings. The summed E-state index contributed by atoms with van der Waals surface area (Å²) in [6, 6.07) is 39.5. The summed E-state index contributed by atoms with van der Waals surface area (Å²) in [6.07, 6.45) is 14.0. The second kappa shape index (κ2) is 36.5. The van der Waals surface area contributed by atoms with Crippen molar-refractivity contribution in [3.05, 3.63) is 324 Å². The maximum absolute atomic E-state index is 15.3. The zero-order chi connectivity index (χ0) is 79.4. The molecule has 0 saturated heterocycles. The van der Waals surface area contributed by atoms with Gasteiger partial charge < -0.3 is 19.9 Å². The van der Waals surface area contributed by atoms with Gasteiger partial charge in [-0.15, -0.1) is 16.4 Å². The Morgan fingerprint density at radius 1 is 0.451 bits per heavy atom. The van der Waals surface area contributed by atoms with E-state index in [2.05, 4.69) is 118 Å². The summed E-state index contributed by atoms with van der Waals surface area (Å²) in [7, 11) is 0. The molecule has 0 unspecified atom stereocenters. The monoisotopic (exact) mass is 1740 g/mol. The predicted octanol–water partition coefficient (Wildman–Crippen LogP) is 20.2. The first-order valence-corrected chi connectivity index (χ1v) is 38.7. The minimum absolute atomic E-state index is 0.0160. The number of aromatic nitrogens is 15. The Morgan fingerprint density at radius 3 is 1.27 bits per heavy atom. The van der Waals surface area contributed by atoms with E-state index >= 15 is 17.6 Å². The molecule has 16 rings (SSSR count). The van der Waals surface area contributed by atoms with Crippen LogP contribution in [-0.2, 0) is 38.5 Å². The largest absolute Gasteiger partial charge is 0.344 e. The van der Waals surface area contributed by atoms with Crippen LogP contribution >= 0.6 is 89.6 Å². The number of amides is 2. The Kier molecular flexibility index (Phi) is 25.8. The number of ketones is 2. The Labute approximate surface area is 681 Å². The lowest BCUT2D eigenvalue weighted by molar-refractivity contribution is 0.0972. The van der Waals surface area contributed by atoms with Crippen LogP contribution in [0.3, 0.4) is 0 Å². The SMILES string of the molecule is Cc1cc(Cl)ccc1Cc1c(C(=O)CCCc2ccccn2)cc2[nH]cnc2c1F.Cc1cc(Cl)ccc1Cc1c(C(=O)CCc2ccccn2)cc2[nH]cnc2c1F.O=C(Nc1nccs1)c1cc2[nH]cnc2c(F)c1Cc1ccc(Br)cc1Cl.O=C(Nc1nn[nH]n1)c1cc2[nH]cnc2c(F)c1Cc1ccc(Br)cc1Cl. The summed E-state index contributed by atoms with van der Waals surface area (Å²) in [5.41, 5.74) is 11.9. The van der Waals surface area contributed by atoms with Gasteiger partial charge in [-0.3, -0.25) is 39.8 Å². The summed E-state index contributed by atoms with van der Waals surface area (Å²) in [5.74, 6) is -3.27. The molecule has 8 heterocycles. The van der Waals surface area contributed by atoms with E-state index in [1.54, 1.807) is 84.6 Å². The van der Waals surface area contributed by atoms with E-state index in [4.69, 9.17) is 46.4 Å². The second-order valence-electron chi connectivity index (χ2n) is 25.7. The van der Waals surface area contributed by atoms with E-state index in [9.17, 15) is 19.2 Å². The van der Waals surface area contributed by atoms with Crippen LogP contribution in [0.4, 0.5) is 28.6 Å².